The minimum absolute atomic E-state index is 0.0426. The first kappa shape index (κ1) is 16.1. The van der Waals surface area contributed by atoms with E-state index in [-0.39, 0.29) is 17.9 Å². The van der Waals surface area contributed by atoms with Crippen LogP contribution < -0.4 is 0 Å². The van der Waals surface area contributed by atoms with E-state index in [1.165, 1.54) is 5.56 Å². The number of hydrogen-bond donors (Lipinski definition) is 0. The van der Waals surface area contributed by atoms with Crippen LogP contribution >= 0.6 is 0 Å². The quantitative estimate of drug-likeness (QED) is 0.786. The molecule has 24 heavy (non-hydrogen) atoms. The van der Waals surface area contributed by atoms with E-state index in [1.807, 2.05) is 29.0 Å². The second-order valence-corrected chi connectivity index (χ2v) is 7.12. The molecule has 0 spiro atoms. The Morgan fingerprint density at radius 2 is 2.12 bits per heavy atom. The predicted octanol–water partition coefficient (Wildman–Crippen LogP) is 0.116. The van der Waals surface area contributed by atoms with Crippen LogP contribution in [0.1, 0.15) is 12.0 Å². The summed E-state index contributed by atoms with van der Waals surface area (Å²) in [5.74, 6) is 0.696. The molecule has 0 bridgehead atoms. The summed E-state index contributed by atoms with van der Waals surface area (Å²) in [5.41, 5.74) is 1.19. The summed E-state index contributed by atoms with van der Waals surface area (Å²) in [4.78, 5) is 17.4. The van der Waals surface area contributed by atoms with Gasteiger partial charge in [-0.15, -0.1) is 0 Å². The lowest BCUT2D eigenvalue weighted by atomic mass is 9.81. The smallest absolute Gasteiger partial charge is 0.227 e. The van der Waals surface area contributed by atoms with Gasteiger partial charge >= 0.3 is 0 Å². The zero-order chi connectivity index (χ0) is 16.5. The first-order valence-corrected chi connectivity index (χ1v) is 8.89. The molecule has 4 heterocycles. The van der Waals surface area contributed by atoms with Gasteiger partial charge in [0.2, 0.25) is 5.91 Å². The number of hydrogen-bond acceptors (Lipinski definition) is 5. The third-order valence-corrected chi connectivity index (χ3v) is 5.48. The highest BCUT2D eigenvalue weighted by atomic mass is 16.5. The van der Waals surface area contributed by atoms with E-state index in [9.17, 15) is 4.79 Å². The fraction of sp³-hybridized carbons (Fsp3) is 0.765. The van der Waals surface area contributed by atoms with Gasteiger partial charge in [-0.05, 0) is 6.42 Å². The van der Waals surface area contributed by atoms with Crippen LogP contribution in [0.3, 0.4) is 0 Å². The van der Waals surface area contributed by atoms with Crippen molar-refractivity contribution < 1.29 is 14.3 Å². The molecule has 0 N–H and O–H groups in total. The van der Waals surface area contributed by atoms with Gasteiger partial charge < -0.3 is 14.4 Å². The van der Waals surface area contributed by atoms with E-state index in [0.29, 0.717) is 19.1 Å². The maximum absolute atomic E-state index is 13.1. The van der Waals surface area contributed by atoms with E-state index < -0.39 is 0 Å². The Morgan fingerprint density at radius 1 is 1.29 bits per heavy atom. The first-order valence-electron chi connectivity index (χ1n) is 8.89. The third-order valence-electron chi connectivity index (χ3n) is 5.48. The SMILES string of the molecule is Cn1cc(CN2C[C@H]3OCC[C@H]3[C@H](C(=O)N3CCOCC3)C2)cn1. The number of nitrogens with zero attached hydrogens (tertiary/aromatic N) is 4. The van der Waals surface area contributed by atoms with E-state index in [1.54, 1.807) is 0 Å². The fourth-order valence-corrected chi connectivity index (χ4v) is 4.28. The van der Waals surface area contributed by atoms with Crippen LogP contribution in [-0.2, 0) is 27.9 Å². The summed E-state index contributed by atoms with van der Waals surface area (Å²) in [5, 5.41) is 4.25. The molecule has 1 amide bonds. The van der Waals surface area contributed by atoms with Gasteiger partial charge in [-0.1, -0.05) is 0 Å². The van der Waals surface area contributed by atoms with Crippen molar-refractivity contribution >= 4 is 5.91 Å². The zero-order valence-corrected chi connectivity index (χ0v) is 14.3. The molecule has 3 aliphatic heterocycles. The van der Waals surface area contributed by atoms with Gasteiger partial charge in [-0.2, -0.15) is 5.10 Å². The number of likely N-dealkylation sites (tertiary alicyclic amines) is 1. The molecule has 0 aromatic carbocycles. The maximum atomic E-state index is 13.1. The van der Waals surface area contributed by atoms with Crippen molar-refractivity contribution in [1.29, 1.82) is 0 Å². The number of aromatic nitrogens is 2. The normalized spacial score (nSPS) is 31.2. The van der Waals surface area contributed by atoms with E-state index in [4.69, 9.17) is 9.47 Å². The molecule has 4 rings (SSSR count). The molecule has 0 unspecified atom stereocenters. The van der Waals surface area contributed by atoms with Crippen molar-refractivity contribution in [2.45, 2.75) is 19.1 Å². The van der Waals surface area contributed by atoms with Crippen LogP contribution in [0.5, 0.6) is 0 Å². The Labute approximate surface area is 142 Å². The molecule has 7 nitrogen and oxygen atoms in total. The van der Waals surface area contributed by atoms with Crippen LogP contribution in [0.25, 0.3) is 0 Å². The van der Waals surface area contributed by atoms with Crippen molar-refractivity contribution in [3.05, 3.63) is 18.0 Å². The van der Waals surface area contributed by atoms with E-state index in [0.717, 1.165) is 45.8 Å². The molecule has 0 saturated carbocycles. The van der Waals surface area contributed by atoms with Gasteiger partial charge in [0, 0.05) is 64.1 Å². The van der Waals surface area contributed by atoms with Gasteiger partial charge in [0.05, 0.1) is 31.4 Å². The number of aryl methyl sites for hydroxylation is 1. The molecular weight excluding hydrogens is 308 g/mol. The number of carbonyl (C=O) groups excluding carboxylic acids is 1. The highest BCUT2D eigenvalue weighted by Crippen LogP contribution is 2.35. The average Bonchev–Trinajstić information content (AvgIpc) is 3.23. The molecule has 0 radical (unpaired) electrons. The number of rotatable bonds is 3. The molecular formula is C17H26N4O3. The van der Waals surface area contributed by atoms with Crippen molar-refractivity contribution in [3.63, 3.8) is 0 Å². The van der Waals surface area contributed by atoms with Crippen molar-refractivity contribution in [2.24, 2.45) is 18.9 Å². The Morgan fingerprint density at radius 3 is 2.88 bits per heavy atom. The summed E-state index contributed by atoms with van der Waals surface area (Å²) < 4.78 is 13.2. The molecule has 132 valence electrons. The molecule has 7 heteroatoms. The van der Waals surface area contributed by atoms with Crippen molar-refractivity contribution in [1.82, 2.24) is 19.6 Å². The fourth-order valence-electron chi connectivity index (χ4n) is 4.28. The van der Waals surface area contributed by atoms with Crippen LogP contribution in [-0.4, -0.2) is 77.6 Å². The molecule has 0 aliphatic carbocycles. The second-order valence-electron chi connectivity index (χ2n) is 7.12. The maximum Gasteiger partial charge on any atom is 0.227 e. The Bertz CT molecular complexity index is 584. The lowest BCUT2D eigenvalue weighted by molar-refractivity contribution is -0.146. The second kappa shape index (κ2) is 6.82. The van der Waals surface area contributed by atoms with Crippen LogP contribution in [0.15, 0.2) is 12.4 Å². The largest absolute Gasteiger partial charge is 0.378 e. The lowest BCUT2D eigenvalue weighted by Crippen LogP contribution is -2.54. The number of fused-ring (bicyclic) bond motifs is 1. The number of amides is 1. The zero-order valence-electron chi connectivity index (χ0n) is 14.3. The van der Waals surface area contributed by atoms with Gasteiger partial charge in [-0.3, -0.25) is 14.4 Å². The molecule has 1 aromatic heterocycles. The predicted molar refractivity (Wildman–Crippen MR) is 87.2 cm³/mol. The van der Waals surface area contributed by atoms with Gasteiger partial charge in [-0.25, -0.2) is 0 Å². The minimum Gasteiger partial charge on any atom is -0.378 e. The molecule has 3 atom stereocenters. The summed E-state index contributed by atoms with van der Waals surface area (Å²) in [6.45, 7) is 6.08. The first-order chi connectivity index (χ1) is 11.7. The summed E-state index contributed by atoms with van der Waals surface area (Å²) in [6.07, 6.45) is 5.14. The molecule has 3 aliphatic rings. The number of ether oxygens (including phenoxy) is 2. The molecule has 1 aromatic rings. The van der Waals surface area contributed by atoms with Gasteiger partial charge in [0.1, 0.15) is 0 Å². The standard InChI is InChI=1S/C17H26N4O3/c1-19-9-13(8-18-19)10-20-11-15(14-2-5-24-16(14)12-20)17(22)21-3-6-23-7-4-21/h8-9,14-16H,2-7,10-12H2,1H3/t14-,15+,16+/m0/s1. The summed E-state index contributed by atoms with van der Waals surface area (Å²) in [7, 11) is 1.93. The lowest BCUT2D eigenvalue weighted by Gasteiger charge is -2.41. The number of carbonyl (C=O) groups is 1. The minimum atomic E-state index is 0.0426. The van der Waals surface area contributed by atoms with Gasteiger partial charge in [0.25, 0.3) is 0 Å². The van der Waals surface area contributed by atoms with Crippen LogP contribution in [0.2, 0.25) is 0 Å². The number of piperidine rings is 1. The van der Waals surface area contributed by atoms with Crippen molar-refractivity contribution in [2.75, 3.05) is 46.0 Å². The van der Waals surface area contributed by atoms with Crippen molar-refractivity contribution in [3.8, 4) is 0 Å². The third kappa shape index (κ3) is 3.20. The van der Waals surface area contributed by atoms with E-state index in [2.05, 4.69) is 10.00 Å². The average molecular weight is 334 g/mol. The van der Waals surface area contributed by atoms with Crippen LogP contribution in [0.4, 0.5) is 0 Å². The monoisotopic (exact) mass is 334 g/mol. The van der Waals surface area contributed by atoms with Gasteiger partial charge in [0.15, 0.2) is 0 Å². The topological polar surface area (TPSA) is 59.8 Å². The Hall–Kier alpha value is -1.44. The highest BCUT2D eigenvalue weighted by molar-refractivity contribution is 5.79. The Balaban J connectivity index is 1.47. The molecule has 3 saturated heterocycles. The summed E-state index contributed by atoms with van der Waals surface area (Å²) in [6, 6.07) is 0. The highest BCUT2D eigenvalue weighted by Gasteiger charge is 2.45. The van der Waals surface area contributed by atoms with Crippen LogP contribution in [0, 0.1) is 11.8 Å². The summed E-state index contributed by atoms with van der Waals surface area (Å²) >= 11 is 0. The Kier molecular flexibility index (Phi) is 4.56. The molecule has 3 fully saturated rings. The van der Waals surface area contributed by atoms with E-state index >= 15 is 0 Å². The number of morpholine rings is 1.